The molecule has 1 aromatic carbocycles. The van der Waals surface area contributed by atoms with Crippen LogP contribution in [0.3, 0.4) is 0 Å². The number of hydrogen-bond donors (Lipinski definition) is 1. The van der Waals surface area contributed by atoms with Crippen molar-refractivity contribution in [2.75, 3.05) is 13.1 Å². The van der Waals surface area contributed by atoms with Gasteiger partial charge in [0.05, 0.1) is 6.54 Å². The predicted octanol–water partition coefficient (Wildman–Crippen LogP) is 1.56. The van der Waals surface area contributed by atoms with Gasteiger partial charge in [-0.2, -0.15) is 0 Å². The topological polar surface area (TPSA) is 46.3 Å². The third-order valence-corrected chi connectivity index (χ3v) is 3.19. The molecule has 1 saturated carbocycles. The van der Waals surface area contributed by atoms with Gasteiger partial charge in [0, 0.05) is 6.54 Å². The van der Waals surface area contributed by atoms with Gasteiger partial charge in [0.15, 0.2) is 0 Å². The van der Waals surface area contributed by atoms with Gasteiger partial charge in [0.2, 0.25) is 5.91 Å². The van der Waals surface area contributed by atoms with Gasteiger partial charge in [0.25, 0.3) is 0 Å². The normalized spacial score (nSPS) is 15.8. The molecule has 1 fully saturated rings. The number of terminal acetylenes is 1. The maximum absolute atomic E-state index is 12.3. The molecule has 3 heteroatoms. The summed E-state index contributed by atoms with van der Waals surface area (Å²) in [6.07, 6.45) is 7.70. The van der Waals surface area contributed by atoms with Crippen molar-refractivity contribution in [3.05, 3.63) is 35.9 Å². The average molecular weight is 242 g/mol. The molecule has 1 amide bonds. The van der Waals surface area contributed by atoms with Crippen LogP contribution >= 0.6 is 0 Å². The summed E-state index contributed by atoms with van der Waals surface area (Å²) in [4.78, 5) is 14.0. The molecule has 3 nitrogen and oxygen atoms in total. The highest BCUT2D eigenvalue weighted by Crippen LogP contribution is 2.30. The molecule has 2 N–H and O–H groups in total. The van der Waals surface area contributed by atoms with E-state index in [0.29, 0.717) is 12.5 Å². The van der Waals surface area contributed by atoms with Crippen LogP contribution in [0, 0.1) is 18.3 Å². The second-order valence-electron chi connectivity index (χ2n) is 4.75. The zero-order chi connectivity index (χ0) is 13.0. The Morgan fingerprint density at radius 1 is 1.44 bits per heavy atom. The van der Waals surface area contributed by atoms with Crippen molar-refractivity contribution in [2.45, 2.75) is 18.9 Å². The first-order valence-corrected chi connectivity index (χ1v) is 6.25. The lowest BCUT2D eigenvalue weighted by atomic mass is 10.1. The highest BCUT2D eigenvalue weighted by molar-refractivity contribution is 5.83. The van der Waals surface area contributed by atoms with Crippen molar-refractivity contribution in [3.8, 4) is 12.3 Å². The Balaban J connectivity index is 2.05. The van der Waals surface area contributed by atoms with Crippen LogP contribution in [-0.4, -0.2) is 23.9 Å². The lowest BCUT2D eigenvalue weighted by molar-refractivity contribution is -0.132. The fourth-order valence-electron chi connectivity index (χ4n) is 1.95. The van der Waals surface area contributed by atoms with Gasteiger partial charge in [-0.25, -0.2) is 0 Å². The van der Waals surface area contributed by atoms with Gasteiger partial charge >= 0.3 is 0 Å². The number of amides is 1. The number of nitrogens with two attached hydrogens (primary N) is 1. The minimum atomic E-state index is -0.613. The number of benzene rings is 1. The summed E-state index contributed by atoms with van der Waals surface area (Å²) >= 11 is 0. The number of nitrogens with zero attached hydrogens (tertiary/aromatic N) is 1. The number of hydrogen-bond acceptors (Lipinski definition) is 2. The van der Waals surface area contributed by atoms with E-state index >= 15 is 0 Å². The van der Waals surface area contributed by atoms with Gasteiger partial charge < -0.3 is 10.6 Å². The third-order valence-electron chi connectivity index (χ3n) is 3.19. The lowest BCUT2D eigenvalue weighted by Crippen LogP contribution is -2.40. The Morgan fingerprint density at radius 2 is 2.11 bits per heavy atom. The summed E-state index contributed by atoms with van der Waals surface area (Å²) in [5.41, 5.74) is 6.84. The van der Waals surface area contributed by atoms with E-state index in [-0.39, 0.29) is 5.91 Å². The highest BCUT2D eigenvalue weighted by Gasteiger charge is 2.29. The van der Waals surface area contributed by atoms with E-state index in [1.54, 1.807) is 4.90 Å². The van der Waals surface area contributed by atoms with Crippen LogP contribution in [0.2, 0.25) is 0 Å². The van der Waals surface area contributed by atoms with Gasteiger partial charge in [-0.3, -0.25) is 4.79 Å². The zero-order valence-corrected chi connectivity index (χ0v) is 10.4. The Labute approximate surface area is 108 Å². The first-order chi connectivity index (χ1) is 8.72. The van der Waals surface area contributed by atoms with Crippen LogP contribution in [0.25, 0.3) is 0 Å². The Kier molecular flexibility index (Phi) is 4.01. The van der Waals surface area contributed by atoms with E-state index in [2.05, 4.69) is 5.92 Å². The number of rotatable bonds is 5. The average Bonchev–Trinajstić information content (AvgIpc) is 3.21. The molecule has 0 spiro atoms. The minimum absolute atomic E-state index is 0.0777. The van der Waals surface area contributed by atoms with E-state index in [0.717, 1.165) is 12.1 Å². The molecule has 0 bridgehead atoms. The van der Waals surface area contributed by atoms with Crippen LogP contribution in [-0.2, 0) is 4.79 Å². The summed E-state index contributed by atoms with van der Waals surface area (Å²) in [6.45, 7) is 1.08. The standard InChI is InChI=1S/C15H18N2O/c1-2-10-17(11-12-8-9-12)15(18)14(16)13-6-4-3-5-7-13/h1,3-7,12,14H,8-11,16H2/t14-/m1/s1. The molecule has 1 aliphatic rings. The molecule has 0 radical (unpaired) electrons. The lowest BCUT2D eigenvalue weighted by Gasteiger charge is -2.23. The van der Waals surface area contributed by atoms with E-state index in [1.807, 2.05) is 30.3 Å². The van der Waals surface area contributed by atoms with Gasteiger partial charge in [-0.1, -0.05) is 36.3 Å². The zero-order valence-electron chi connectivity index (χ0n) is 10.4. The molecule has 2 rings (SSSR count). The third kappa shape index (κ3) is 3.12. The summed E-state index contributed by atoms with van der Waals surface area (Å²) in [6, 6.07) is 8.80. The molecule has 1 atom stereocenters. The van der Waals surface area contributed by atoms with Crippen LogP contribution in [0.4, 0.5) is 0 Å². The van der Waals surface area contributed by atoms with Gasteiger partial charge in [-0.05, 0) is 24.3 Å². The Hall–Kier alpha value is -1.79. The molecular weight excluding hydrogens is 224 g/mol. The van der Waals surface area contributed by atoms with Crippen LogP contribution in [0.5, 0.6) is 0 Å². The second kappa shape index (κ2) is 5.70. The molecule has 0 saturated heterocycles. The van der Waals surface area contributed by atoms with Crippen molar-refractivity contribution >= 4 is 5.91 Å². The van der Waals surface area contributed by atoms with Crippen molar-refractivity contribution in [1.29, 1.82) is 0 Å². The second-order valence-corrected chi connectivity index (χ2v) is 4.75. The van der Waals surface area contributed by atoms with Gasteiger partial charge in [0.1, 0.15) is 6.04 Å². The first-order valence-electron chi connectivity index (χ1n) is 6.25. The van der Waals surface area contributed by atoms with Crippen molar-refractivity contribution < 1.29 is 4.79 Å². The first kappa shape index (κ1) is 12.7. The Bertz CT molecular complexity index is 445. The molecular formula is C15H18N2O. The number of carbonyl (C=O) groups excluding carboxylic acids is 1. The monoisotopic (exact) mass is 242 g/mol. The van der Waals surface area contributed by atoms with Crippen LogP contribution < -0.4 is 5.73 Å². The van der Waals surface area contributed by atoms with Gasteiger partial charge in [-0.15, -0.1) is 6.42 Å². The minimum Gasteiger partial charge on any atom is -0.330 e. The maximum atomic E-state index is 12.3. The molecule has 94 valence electrons. The van der Waals surface area contributed by atoms with Crippen LogP contribution in [0.15, 0.2) is 30.3 Å². The number of carbonyl (C=O) groups is 1. The predicted molar refractivity (Wildman–Crippen MR) is 71.5 cm³/mol. The van der Waals surface area contributed by atoms with Crippen molar-refractivity contribution in [2.24, 2.45) is 11.7 Å². The van der Waals surface area contributed by atoms with Crippen molar-refractivity contribution in [1.82, 2.24) is 4.90 Å². The summed E-state index contributed by atoms with van der Waals surface area (Å²) in [5, 5.41) is 0. The quantitative estimate of drug-likeness (QED) is 0.796. The molecule has 1 aliphatic carbocycles. The molecule has 0 heterocycles. The fraction of sp³-hybridized carbons (Fsp3) is 0.400. The summed E-state index contributed by atoms with van der Waals surface area (Å²) in [7, 11) is 0. The molecule has 18 heavy (non-hydrogen) atoms. The van der Waals surface area contributed by atoms with Crippen LogP contribution in [0.1, 0.15) is 24.4 Å². The summed E-state index contributed by atoms with van der Waals surface area (Å²) < 4.78 is 0. The van der Waals surface area contributed by atoms with E-state index in [1.165, 1.54) is 12.8 Å². The summed E-state index contributed by atoms with van der Waals surface area (Å²) in [5.74, 6) is 3.08. The van der Waals surface area contributed by atoms with E-state index < -0.39 is 6.04 Å². The highest BCUT2D eigenvalue weighted by atomic mass is 16.2. The SMILES string of the molecule is C#CCN(CC1CC1)C(=O)[C@H](N)c1ccccc1. The smallest absolute Gasteiger partial charge is 0.244 e. The molecule has 1 aromatic rings. The van der Waals surface area contributed by atoms with Crippen molar-refractivity contribution in [3.63, 3.8) is 0 Å². The molecule has 0 unspecified atom stereocenters. The maximum Gasteiger partial charge on any atom is 0.244 e. The molecule has 0 aliphatic heterocycles. The fourth-order valence-corrected chi connectivity index (χ4v) is 1.95. The largest absolute Gasteiger partial charge is 0.330 e. The van der Waals surface area contributed by atoms with E-state index in [9.17, 15) is 4.79 Å². The Morgan fingerprint density at radius 3 is 2.67 bits per heavy atom. The van der Waals surface area contributed by atoms with E-state index in [4.69, 9.17) is 12.2 Å². The molecule has 0 aromatic heterocycles.